The number of alkyl halides is 3. The van der Waals surface area contributed by atoms with E-state index in [9.17, 15) is 13.2 Å². The molecule has 0 fully saturated rings. The molecule has 0 bridgehead atoms. The molecule has 0 amide bonds. The largest absolute Gasteiger partial charge is 0.430 e. The summed E-state index contributed by atoms with van der Waals surface area (Å²) in [5.41, 5.74) is 0.521. The van der Waals surface area contributed by atoms with Crippen molar-refractivity contribution in [3.05, 3.63) is 28.2 Å². The minimum Gasteiger partial charge on any atom is -0.430 e. The van der Waals surface area contributed by atoms with Crippen LogP contribution in [-0.2, 0) is 0 Å². The van der Waals surface area contributed by atoms with Crippen molar-refractivity contribution in [2.24, 2.45) is 0 Å². The van der Waals surface area contributed by atoms with E-state index >= 15 is 0 Å². The Morgan fingerprint density at radius 3 is 2.57 bits per heavy atom. The predicted octanol–water partition coefficient (Wildman–Crippen LogP) is 3.70. The Morgan fingerprint density at radius 2 is 2.07 bits per heavy atom. The van der Waals surface area contributed by atoms with Crippen LogP contribution in [0.5, 0.6) is 5.75 Å². The van der Waals surface area contributed by atoms with Crippen LogP contribution >= 0.6 is 15.9 Å². The summed E-state index contributed by atoms with van der Waals surface area (Å²) in [5, 5.41) is 0. The monoisotopic (exact) mass is 268 g/mol. The number of ether oxygens (including phenoxy) is 1. The molecule has 0 saturated heterocycles. The van der Waals surface area contributed by atoms with Gasteiger partial charge in [-0.25, -0.2) is 4.39 Å². The van der Waals surface area contributed by atoms with Crippen LogP contribution in [0.2, 0.25) is 0 Å². The van der Waals surface area contributed by atoms with Gasteiger partial charge in [0.05, 0.1) is 0 Å². The van der Waals surface area contributed by atoms with Gasteiger partial charge in [-0.2, -0.15) is 8.78 Å². The minimum atomic E-state index is -3.75. The third-order valence-corrected chi connectivity index (χ3v) is 2.05. The number of hydrogen-bond donors (Lipinski definition) is 0. The van der Waals surface area contributed by atoms with Gasteiger partial charge < -0.3 is 4.74 Å². The molecule has 5 heteroatoms. The van der Waals surface area contributed by atoms with Crippen molar-refractivity contribution in [3.63, 3.8) is 0 Å². The summed E-state index contributed by atoms with van der Waals surface area (Å²) in [4.78, 5) is 0. The molecule has 0 unspecified atom stereocenters. The van der Waals surface area contributed by atoms with Gasteiger partial charge >= 0.3 is 6.11 Å². The standard InChI is InChI=1S/C9H8BrF3O/c1-6-4-7(10)2-3-8(6)14-9(12,13)5-11/h2-4H,5H2,1H3. The lowest BCUT2D eigenvalue weighted by molar-refractivity contribution is -0.186. The molecule has 0 aromatic heterocycles. The maximum Gasteiger partial charge on any atom is 0.427 e. The van der Waals surface area contributed by atoms with Gasteiger partial charge in [-0.1, -0.05) is 15.9 Å². The van der Waals surface area contributed by atoms with E-state index in [0.29, 0.717) is 5.56 Å². The quantitative estimate of drug-likeness (QED) is 0.812. The molecule has 0 aliphatic heterocycles. The average molecular weight is 269 g/mol. The smallest absolute Gasteiger partial charge is 0.427 e. The second-order valence-corrected chi connectivity index (χ2v) is 3.70. The Balaban J connectivity index is 2.87. The van der Waals surface area contributed by atoms with Gasteiger partial charge in [0.1, 0.15) is 5.75 Å². The van der Waals surface area contributed by atoms with E-state index in [-0.39, 0.29) is 5.75 Å². The van der Waals surface area contributed by atoms with Gasteiger partial charge in [0.25, 0.3) is 0 Å². The fourth-order valence-corrected chi connectivity index (χ4v) is 1.39. The molecular formula is C9H8BrF3O. The summed E-state index contributed by atoms with van der Waals surface area (Å²) in [5.74, 6) is -0.0177. The van der Waals surface area contributed by atoms with Crippen LogP contribution in [0.3, 0.4) is 0 Å². The first-order valence-electron chi connectivity index (χ1n) is 3.83. The molecule has 0 atom stereocenters. The van der Waals surface area contributed by atoms with E-state index in [1.165, 1.54) is 6.07 Å². The highest BCUT2D eigenvalue weighted by atomic mass is 79.9. The number of hydrogen-bond acceptors (Lipinski definition) is 1. The highest BCUT2D eigenvalue weighted by Crippen LogP contribution is 2.27. The maximum atomic E-state index is 12.5. The van der Waals surface area contributed by atoms with E-state index in [2.05, 4.69) is 20.7 Å². The van der Waals surface area contributed by atoms with E-state index in [0.717, 1.165) is 4.47 Å². The Morgan fingerprint density at radius 1 is 1.43 bits per heavy atom. The zero-order valence-corrected chi connectivity index (χ0v) is 8.95. The fourth-order valence-electron chi connectivity index (χ4n) is 0.915. The zero-order valence-electron chi connectivity index (χ0n) is 7.36. The van der Waals surface area contributed by atoms with Crippen LogP contribution in [0.15, 0.2) is 22.7 Å². The van der Waals surface area contributed by atoms with E-state index in [1.54, 1.807) is 19.1 Å². The van der Waals surface area contributed by atoms with Crippen LogP contribution in [0.1, 0.15) is 5.56 Å². The Hall–Kier alpha value is -0.710. The number of aryl methyl sites for hydroxylation is 1. The van der Waals surface area contributed by atoms with E-state index < -0.39 is 12.8 Å². The van der Waals surface area contributed by atoms with Crippen molar-refractivity contribution < 1.29 is 17.9 Å². The highest BCUT2D eigenvalue weighted by molar-refractivity contribution is 9.10. The topological polar surface area (TPSA) is 9.23 Å². The van der Waals surface area contributed by atoms with Crippen molar-refractivity contribution >= 4 is 15.9 Å². The van der Waals surface area contributed by atoms with E-state index in [4.69, 9.17) is 0 Å². The molecule has 1 aromatic carbocycles. The molecular weight excluding hydrogens is 261 g/mol. The fraction of sp³-hybridized carbons (Fsp3) is 0.333. The lowest BCUT2D eigenvalue weighted by Crippen LogP contribution is -2.27. The molecule has 78 valence electrons. The van der Waals surface area contributed by atoms with Gasteiger partial charge in [-0.3, -0.25) is 0 Å². The second-order valence-electron chi connectivity index (χ2n) is 2.78. The van der Waals surface area contributed by atoms with Crippen molar-refractivity contribution in [3.8, 4) is 5.75 Å². The van der Waals surface area contributed by atoms with Crippen LogP contribution in [0, 0.1) is 6.92 Å². The lowest BCUT2D eigenvalue weighted by Gasteiger charge is -2.16. The van der Waals surface area contributed by atoms with Gasteiger partial charge in [0, 0.05) is 4.47 Å². The summed E-state index contributed by atoms with van der Waals surface area (Å²) >= 11 is 3.18. The van der Waals surface area contributed by atoms with Crippen molar-refractivity contribution in [1.29, 1.82) is 0 Å². The van der Waals surface area contributed by atoms with E-state index in [1.807, 2.05) is 0 Å². The van der Waals surface area contributed by atoms with Crippen molar-refractivity contribution in [1.82, 2.24) is 0 Å². The number of benzene rings is 1. The van der Waals surface area contributed by atoms with Crippen molar-refractivity contribution in [2.75, 3.05) is 6.67 Å². The molecule has 0 N–H and O–H groups in total. The third kappa shape index (κ3) is 2.90. The lowest BCUT2D eigenvalue weighted by atomic mass is 10.2. The maximum absolute atomic E-state index is 12.5. The third-order valence-electron chi connectivity index (χ3n) is 1.55. The minimum absolute atomic E-state index is 0.0177. The first-order chi connectivity index (χ1) is 6.44. The average Bonchev–Trinajstić information content (AvgIpc) is 2.10. The van der Waals surface area contributed by atoms with Crippen LogP contribution in [0.4, 0.5) is 13.2 Å². The Kier molecular flexibility index (Phi) is 3.42. The summed E-state index contributed by atoms with van der Waals surface area (Å²) in [6.07, 6.45) is -3.75. The molecule has 1 aromatic rings. The zero-order chi connectivity index (χ0) is 10.8. The predicted molar refractivity (Wildman–Crippen MR) is 50.4 cm³/mol. The Labute approximate surface area is 88.0 Å². The summed E-state index contributed by atoms with van der Waals surface area (Å²) in [6.45, 7) is -0.225. The molecule has 1 nitrogen and oxygen atoms in total. The van der Waals surface area contributed by atoms with Crippen molar-refractivity contribution in [2.45, 2.75) is 13.0 Å². The van der Waals surface area contributed by atoms with Gasteiger partial charge in [-0.05, 0) is 30.7 Å². The summed E-state index contributed by atoms with van der Waals surface area (Å²) in [7, 11) is 0. The van der Waals surface area contributed by atoms with Gasteiger partial charge in [0.15, 0.2) is 6.67 Å². The Bertz CT molecular complexity index is 328. The van der Waals surface area contributed by atoms with Crippen LogP contribution in [-0.4, -0.2) is 12.8 Å². The van der Waals surface area contributed by atoms with Gasteiger partial charge in [-0.15, -0.1) is 0 Å². The highest BCUT2D eigenvalue weighted by Gasteiger charge is 2.32. The summed E-state index contributed by atoms with van der Waals surface area (Å²) in [6, 6.07) is 4.53. The number of rotatable bonds is 3. The van der Waals surface area contributed by atoms with Gasteiger partial charge in [0.2, 0.25) is 0 Å². The SMILES string of the molecule is Cc1cc(Br)ccc1OC(F)(F)CF. The molecule has 1 rings (SSSR count). The molecule has 14 heavy (non-hydrogen) atoms. The first-order valence-corrected chi connectivity index (χ1v) is 4.63. The molecule has 0 saturated carbocycles. The summed E-state index contributed by atoms with van der Waals surface area (Å²) < 4.78 is 41.8. The van der Waals surface area contributed by atoms with Crippen LogP contribution in [0.25, 0.3) is 0 Å². The normalized spacial score (nSPS) is 11.5. The first kappa shape index (κ1) is 11.4. The second kappa shape index (κ2) is 4.21. The molecule has 0 aliphatic carbocycles. The number of halogens is 4. The van der Waals surface area contributed by atoms with Crippen LogP contribution < -0.4 is 4.74 Å². The molecule has 0 heterocycles. The molecule has 0 spiro atoms. The molecule has 0 radical (unpaired) electrons. The molecule has 0 aliphatic rings.